The molecule has 0 saturated heterocycles. The van der Waals surface area contributed by atoms with Gasteiger partial charge >= 0.3 is 0 Å². The highest BCUT2D eigenvalue weighted by molar-refractivity contribution is 5.78. The van der Waals surface area contributed by atoms with Crippen molar-refractivity contribution in [3.05, 3.63) is 42.1 Å². The normalized spacial score (nSPS) is 13.1. The van der Waals surface area contributed by atoms with Gasteiger partial charge in [0, 0.05) is 23.5 Å². The summed E-state index contributed by atoms with van der Waals surface area (Å²) in [5.41, 5.74) is 2.28. The van der Waals surface area contributed by atoms with Gasteiger partial charge in [0.15, 0.2) is 0 Å². The van der Waals surface area contributed by atoms with Crippen molar-refractivity contribution < 1.29 is 0 Å². The number of pyridine rings is 1. The summed E-state index contributed by atoms with van der Waals surface area (Å²) < 4.78 is 0. The van der Waals surface area contributed by atoms with Gasteiger partial charge in [-0.05, 0) is 25.1 Å². The smallest absolute Gasteiger partial charge is 0.0705 e. The number of likely N-dealkylation sites (N-methyl/N-ethyl adjacent to an activating group) is 1. The zero-order valence-corrected chi connectivity index (χ0v) is 12.2. The van der Waals surface area contributed by atoms with Crippen LogP contribution in [0.15, 0.2) is 36.4 Å². The van der Waals surface area contributed by atoms with Crippen LogP contribution in [0.2, 0.25) is 0 Å². The summed E-state index contributed by atoms with van der Waals surface area (Å²) >= 11 is 0. The topological polar surface area (TPSA) is 24.9 Å². The van der Waals surface area contributed by atoms with E-state index in [4.69, 9.17) is 4.98 Å². The standard InChI is InChI=1S/C17H24N2/c1-4-13(5-2)17(18-3)12-15-11-10-14-8-6-7-9-16(14)19-15/h6-11,13,17-18H,4-5,12H2,1-3H3. The average Bonchev–Trinajstić information content (AvgIpc) is 2.47. The number of hydrogen-bond donors (Lipinski definition) is 1. The Hall–Kier alpha value is -1.41. The van der Waals surface area contributed by atoms with Crippen LogP contribution >= 0.6 is 0 Å². The van der Waals surface area contributed by atoms with Gasteiger partial charge in [-0.3, -0.25) is 4.98 Å². The molecule has 1 aromatic carbocycles. The van der Waals surface area contributed by atoms with Crippen molar-refractivity contribution in [2.75, 3.05) is 7.05 Å². The molecule has 2 aromatic rings. The molecule has 2 rings (SSSR count). The van der Waals surface area contributed by atoms with Crippen molar-refractivity contribution in [3.63, 3.8) is 0 Å². The highest BCUT2D eigenvalue weighted by Gasteiger charge is 2.17. The van der Waals surface area contributed by atoms with Crippen molar-refractivity contribution in [1.29, 1.82) is 0 Å². The molecule has 102 valence electrons. The van der Waals surface area contributed by atoms with E-state index in [-0.39, 0.29) is 0 Å². The fraction of sp³-hybridized carbons (Fsp3) is 0.471. The second kappa shape index (κ2) is 6.67. The zero-order valence-electron chi connectivity index (χ0n) is 12.2. The average molecular weight is 256 g/mol. The largest absolute Gasteiger partial charge is 0.316 e. The molecule has 2 nitrogen and oxygen atoms in total. The molecule has 1 N–H and O–H groups in total. The van der Waals surface area contributed by atoms with E-state index in [1.54, 1.807) is 0 Å². The minimum Gasteiger partial charge on any atom is -0.316 e. The molecular formula is C17H24N2. The van der Waals surface area contributed by atoms with Gasteiger partial charge in [0.2, 0.25) is 0 Å². The predicted molar refractivity (Wildman–Crippen MR) is 82.4 cm³/mol. The van der Waals surface area contributed by atoms with Gasteiger partial charge < -0.3 is 5.32 Å². The summed E-state index contributed by atoms with van der Waals surface area (Å²) in [7, 11) is 2.06. The summed E-state index contributed by atoms with van der Waals surface area (Å²) in [5.74, 6) is 0.721. The molecular weight excluding hydrogens is 232 g/mol. The molecule has 0 aliphatic carbocycles. The van der Waals surface area contributed by atoms with Gasteiger partial charge in [0.25, 0.3) is 0 Å². The molecule has 0 amide bonds. The molecule has 0 bridgehead atoms. The van der Waals surface area contributed by atoms with Crippen molar-refractivity contribution in [3.8, 4) is 0 Å². The lowest BCUT2D eigenvalue weighted by Gasteiger charge is -2.24. The van der Waals surface area contributed by atoms with E-state index >= 15 is 0 Å². The summed E-state index contributed by atoms with van der Waals surface area (Å²) in [5, 5.41) is 4.68. The molecule has 0 fully saturated rings. The first-order chi connectivity index (χ1) is 9.28. The minimum atomic E-state index is 0.517. The third kappa shape index (κ3) is 3.32. The number of benzene rings is 1. The fourth-order valence-corrected chi connectivity index (χ4v) is 2.81. The molecule has 0 aliphatic heterocycles. The second-order valence-corrected chi connectivity index (χ2v) is 5.17. The first-order valence-corrected chi connectivity index (χ1v) is 7.30. The lowest BCUT2D eigenvalue weighted by Crippen LogP contribution is -2.35. The molecule has 1 unspecified atom stereocenters. The molecule has 1 atom stereocenters. The fourth-order valence-electron chi connectivity index (χ4n) is 2.81. The molecule has 19 heavy (non-hydrogen) atoms. The van der Waals surface area contributed by atoms with Gasteiger partial charge in [0.05, 0.1) is 5.52 Å². The van der Waals surface area contributed by atoms with Gasteiger partial charge in [-0.15, -0.1) is 0 Å². The van der Waals surface area contributed by atoms with Gasteiger partial charge in [-0.2, -0.15) is 0 Å². The minimum absolute atomic E-state index is 0.517. The van der Waals surface area contributed by atoms with E-state index in [1.165, 1.54) is 23.9 Å². The number of nitrogens with zero attached hydrogens (tertiary/aromatic N) is 1. The Bertz CT molecular complexity index is 517. The SMILES string of the molecule is CCC(CC)C(Cc1ccc2ccccc2n1)NC. The summed E-state index contributed by atoms with van der Waals surface area (Å²) in [6, 6.07) is 13.2. The highest BCUT2D eigenvalue weighted by Crippen LogP contribution is 2.18. The van der Waals surface area contributed by atoms with E-state index in [0.717, 1.165) is 17.9 Å². The highest BCUT2D eigenvalue weighted by atomic mass is 14.9. The van der Waals surface area contributed by atoms with E-state index in [9.17, 15) is 0 Å². The van der Waals surface area contributed by atoms with E-state index in [0.29, 0.717) is 6.04 Å². The summed E-state index contributed by atoms with van der Waals surface area (Å²) in [4.78, 5) is 4.77. The molecule has 0 radical (unpaired) electrons. The molecule has 1 aromatic heterocycles. The van der Waals surface area contributed by atoms with Crippen molar-refractivity contribution in [2.24, 2.45) is 5.92 Å². The first-order valence-electron chi connectivity index (χ1n) is 7.30. The van der Waals surface area contributed by atoms with Crippen LogP contribution in [0.1, 0.15) is 32.4 Å². The summed E-state index contributed by atoms with van der Waals surface area (Å²) in [6.45, 7) is 4.54. The molecule has 0 saturated carbocycles. The van der Waals surface area contributed by atoms with Gasteiger partial charge in [-0.25, -0.2) is 0 Å². The Balaban J connectivity index is 2.19. The van der Waals surface area contributed by atoms with Crippen LogP contribution in [0.5, 0.6) is 0 Å². The Kier molecular flexibility index (Phi) is 4.92. The van der Waals surface area contributed by atoms with E-state index < -0.39 is 0 Å². The monoisotopic (exact) mass is 256 g/mol. The van der Waals surface area contributed by atoms with Gasteiger partial charge in [-0.1, -0.05) is 51.0 Å². The molecule has 1 heterocycles. The molecule has 2 heteroatoms. The lowest BCUT2D eigenvalue weighted by molar-refractivity contribution is 0.347. The molecule has 0 spiro atoms. The maximum atomic E-state index is 4.77. The van der Waals surface area contributed by atoms with Crippen LogP contribution in [0, 0.1) is 5.92 Å². The number of hydrogen-bond acceptors (Lipinski definition) is 2. The Morgan fingerprint density at radius 3 is 2.47 bits per heavy atom. The lowest BCUT2D eigenvalue weighted by atomic mass is 9.91. The number of nitrogens with one attached hydrogen (secondary N) is 1. The Morgan fingerprint density at radius 2 is 1.79 bits per heavy atom. The number of aromatic nitrogens is 1. The molecule has 0 aliphatic rings. The Labute approximate surface area is 116 Å². The van der Waals surface area contributed by atoms with Crippen LogP contribution in [0.4, 0.5) is 0 Å². The third-order valence-electron chi connectivity index (χ3n) is 4.07. The second-order valence-electron chi connectivity index (χ2n) is 5.17. The van der Waals surface area contributed by atoms with Crippen molar-refractivity contribution in [2.45, 2.75) is 39.2 Å². The van der Waals surface area contributed by atoms with Crippen LogP contribution in [0.25, 0.3) is 10.9 Å². The van der Waals surface area contributed by atoms with E-state index in [1.807, 2.05) is 0 Å². The maximum Gasteiger partial charge on any atom is 0.0705 e. The van der Waals surface area contributed by atoms with Crippen LogP contribution < -0.4 is 5.32 Å². The number of fused-ring (bicyclic) bond motifs is 1. The predicted octanol–water partition coefficient (Wildman–Crippen LogP) is 3.80. The van der Waals surface area contributed by atoms with E-state index in [2.05, 4.69) is 62.6 Å². The van der Waals surface area contributed by atoms with Crippen LogP contribution in [-0.2, 0) is 6.42 Å². The first kappa shape index (κ1) is 14.0. The maximum absolute atomic E-state index is 4.77. The Morgan fingerprint density at radius 1 is 1.05 bits per heavy atom. The van der Waals surface area contributed by atoms with Crippen molar-refractivity contribution >= 4 is 10.9 Å². The number of rotatable bonds is 6. The van der Waals surface area contributed by atoms with Gasteiger partial charge in [0.1, 0.15) is 0 Å². The van der Waals surface area contributed by atoms with Crippen molar-refractivity contribution in [1.82, 2.24) is 10.3 Å². The quantitative estimate of drug-likeness (QED) is 0.850. The summed E-state index contributed by atoms with van der Waals surface area (Å²) in [6.07, 6.45) is 3.44. The van der Waals surface area contributed by atoms with Crippen LogP contribution in [0.3, 0.4) is 0 Å². The number of para-hydroxylation sites is 1. The third-order valence-corrected chi connectivity index (χ3v) is 4.07. The van der Waals surface area contributed by atoms with Crippen LogP contribution in [-0.4, -0.2) is 18.1 Å². The zero-order chi connectivity index (χ0) is 13.7.